The van der Waals surface area contributed by atoms with Gasteiger partial charge in [0.1, 0.15) is 0 Å². The predicted octanol–water partition coefficient (Wildman–Crippen LogP) is 1.86. The molecule has 0 aliphatic rings. The fraction of sp³-hybridized carbons (Fsp3) is 0.286. The average Bonchev–Trinajstić information content (AvgIpc) is 2.45. The minimum absolute atomic E-state index is 0.117. The van der Waals surface area contributed by atoms with Crippen molar-refractivity contribution in [1.29, 1.82) is 0 Å². The highest BCUT2D eigenvalue weighted by Crippen LogP contribution is 2.24. The van der Waals surface area contributed by atoms with Gasteiger partial charge in [-0.3, -0.25) is 4.79 Å². The zero-order chi connectivity index (χ0) is 14.0. The van der Waals surface area contributed by atoms with Crippen LogP contribution in [0.3, 0.4) is 0 Å². The highest BCUT2D eigenvalue weighted by Gasteiger charge is 2.18. The Bertz CT molecular complexity index is 663. The van der Waals surface area contributed by atoms with E-state index in [4.69, 9.17) is 0 Å². The second kappa shape index (κ2) is 5.14. The number of carbonyl (C=O) groups excluding carboxylic acids is 1. The van der Waals surface area contributed by atoms with E-state index in [-0.39, 0.29) is 17.6 Å². The Balaban J connectivity index is 2.54. The van der Waals surface area contributed by atoms with Gasteiger partial charge >= 0.3 is 6.03 Å². The van der Waals surface area contributed by atoms with Crippen molar-refractivity contribution in [2.24, 2.45) is 0 Å². The van der Waals surface area contributed by atoms with E-state index < -0.39 is 0 Å². The van der Waals surface area contributed by atoms with Crippen molar-refractivity contribution in [3.63, 3.8) is 0 Å². The van der Waals surface area contributed by atoms with E-state index in [1.807, 2.05) is 25.1 Å². The van der Waals surface area contributed by atoms with Gasteiger partial charge in [-0.1, -0.05) is 18.2 Å². The maximum Gasteiger partial charge on any atom is 0.317 e. The summed E-state index contributed by atoms with van der Waals surface area (Å²) in [6.07, 6.45) is 1.68. The number of amides is 2. The smallest absolute Gasteiger partial charge is 0.317 e. The number of hydrogen-bond donors (Lipinski definition) is 2. The molecule has 2 rings (SSSR count). The monoisotopic (exact) mass is 259 g/mol. The van der Waals surface area contributed by atoms with Crippen LogP contribution in [0.15, 0.2) is 35.3 Å². The van der Waals surface area contributed by atoms with Crippen molar-refractivity contribution < 1.29 is 4.79 Å². The standard InChI is InChI=1S/C14H17N3O2/c1-9(17(3)14(19)15-2)12-8-16-13(18)11-7-5-4-6-10(11)12/h4-9H,1-3H3,(H,15,19)(H,16,18)/t9-/m0/s1. The maximum atomic E-state index is 11.8. The molecule has 0 saturated carbocycles. The summed E-state index contributed by atoms with van der Waals surface area (Å²) >= 11 is 0. The Hall–Kier alpha value is -2.30. The molecule has 100 valence electrons. The minimum atomic E-state index is -0.164. The summed E-state index contributed by atoms with van der Waals surface area (Å²) in [6, 6.07) is 7.09. The lowest BCUT2D eigenvalue weighted by Crippen LogP contribution is -2.36. The number of H-pyrrole nitrogens is 1. The number of carbonyl (C=O) groups is 1. The van der Waals surface area contributed by atoms with Crippen LogP contribution in [0.1, 0.15) is 18.5 Å². The molecule has 2 amide bonds. The Morgan fingerprint density at radius 1 is 1.32 bits per heavy atom. The number of fused-ring (bicyclic) bond motifs is 1. The van der Waals surface area contributed by atoms with Gasteiger partial charge in [-0.25, -0.2) is 4.79 Å². The highest BCUT2D eigenvalue weighted by atomic mass is 16.2. The van der Waals surface area contributed by atoms with Gasteiger partial charge in [0, 0.05) is 25.7 Å². The van der Waals surface area contributed by atoms with Crippen LogP contribution in [0, 0.1) is 0 Å². The first-order chi connectivity index (χ1) is 9.06. The topological polar surface area (TPSA) is 65.2 Å². The van der Waals surface area contributed by atoms with Crippen molar-refractivity contribution in [1.82, 2.24) is 15.2 Å². The molecule has 0 spiro atoms. The lowest BCUT2D eigenvalue weighted by Gasteiger charge is -2.25. The van der Waals surface area contributed by atoms with Crippen molar-refractivity contribution in [3.8, 4) is 0 Å². The van der Waals surface area contributed by atoms with Crippen LogP contribution in [0.4, 0.5) is 4.79 Å². The molecule has 0 aliphatic carbocycles. The van der Waals surface area contributed by atoms with Crippen LogP contribution in [-0.2, 0) is 0 Å². The third-order valence-corrected chi connectivity index (χ3v) is 3.41. The molecule has 1 aromatic carbocycles. The summed E-state index contributed by atoms with van der Waals surface area (Å²) in [5, 5.41) is 4.10. The van der Waals surface area contributed by atoms with Crippen molar-refractivity contribution in [2.45, 2.75) is 13.0 Å². The largest absolute Gasteiger partial charge is 0.341 e. The van der Waals surface area contributed by atoms with Crippen LogP contribution < -0.4 is 10.9 Å². The molecule has 0 bridgehead atoms. The van der Waals surface area contributed by atoms with E-state index in [0.29, 0.717) is 5.39 Å². The Morgan fingerprint density at radius 3 is 2.58 bits per heavy atom. The van der Waals surface area contributed by atoms with Crippen molar-refractivity contribution in [3.05, 3.63) is 46.4 Å². The van der Waals surface area contributed by atoms with Gasteiger partial charge in [0.05, 0.1) is 6.04 Å². The molecule has 0 fully saturated rings. The second-order valence-electron chi connectivity index (χ2n) is 4.46. The molecule has 0 saturated heterocycles. The van der Waals surface area contributed by atoms with E-state index in [2.05, 4.69) is 10.3 Å². The van der Waals surface area contributed by atoms with E-state index in [1.54, 1.807) is 31.3 Å². The first-order valence-electron chi connectivity index (χ1n) is 6.11. The summed E-state index contributed by atoms with van der Waals surface area (Å²) in [5.74, 6) is 0. The first kappa shape index (κ1) is 13.1. The quantitative estimate of drug-likeness (QED) is 0.864. The third kappa shape index (κ3) is 2.31. The Labute approximate surface area is 111 Å². The average molecular weight is 259 g/mol. The molecule has 0 radical (unpaired) electrons. The van der Waals surface area contributed by atoms with Gasteiger partial charge < -0.3 is 15.2 Å². The molecule has 2 N–H and O–H groups in total. The van der Waals surface area contributed by atoms with Crippen molar-refractivity contribution >= 4 is 16.8 Å². The number of pyridine rings is 1. The maximum absolute atomic E-state index is 11.8. The number of rotatable bonds is 2. The molecule has 0 unspecified atom stereocenters. The molecule has 0 aliphatic heterocycles. The van der Waals surface area contributed by atoms with Crippen LogP contribution in [0.5, 0.6) is 0 Å². The second-order valence-corrected chi connectivity index (χ2v) is 4.46. The Kier molecular flexibility index (Phi) is 3.55. The summed E-state index contributed by atoms with van der Waals surface area (Å²) in [6.45, 7) is 1.93. The normalized spacial score (nSPS) is 12.2. The fourth-order valence-corrected chi connectivity index (χ4v) is 2.14. The van der Waals surface area contributed by atoms with Crippen LogP contribution >= 0.6 is 0 Å². The first-order valence-corrected chi connectivity index (χ1v) is 6.11. The fourth-order valence-electron chi connectivity index (χ4n) is 2.14. The zero-order valence-corrected chi connectivity index (χ0v) is 11.2. The number of urea groups is 1. The number of nitrogens with one attached hydrogen (secondary N) is 2. The van der Waals surface area contributed by atoms with Gasteiger partial charge in [-0.2, -0.15) is 0 Å². The molecule has 5 heteroatoms. The summed E-state index contributed by atoms with van der Waals surface area (Å²) in [4.78, 5) is 27.8. The van der Waals surface area contributed by atoms with E-state index in [0.717, 1.165) is 10.9 Å². The number of hydrogen-bond acceptors (Lipinski definition) is 2. The van der Waals surface area contributed by atoms with Gasteiger partial charge in [0.2, 0.25) is 0 Å². The number of aromatic nitrogens is 1. The van der Waals surface area contributed by atoms with Gasteiger partial charge in [-0.05, 0) is 23.9 Å². The van der Waals surface area contributed by atoms with E-state index >= 15 is 0 Å². The van der Waals surface area contributed by atoms with E-state index in [9.17, 15) is 9.59 Å². The Morgan fingerprint density at radius 2 is 1.95 bits per heavy atom. The molecule has 19 heavy (non-hydrogen) atoms. The third-order valence-electron chi connectivity index (χ3n) is 3.41. The zero-order valence-electron chi connectivity index (χ0n) is 11.2. The summed E-state index contributed by atoms with van der Waals surface area (Å²) in [7, 11) is 3.32. The number of nitrogens with zero attached hydrogens (tertiary/aromatic N) is 1. The molecular formula is C14H17N3O2. The molecule has 2 aromatic rings. The molecular weight excluding hydrogens is 242 g/mol. The molecule has 1 heterocycles. The number of benzene rings is 1. The minimum Gasteiger partial charge on any atom is -0.341 e. The summed E-state index contributed by atoms with van der Waals surface area (Å²) in [5.41, 5.74) is 0.801. The lowest BCUT2D eigenvalue weighted by atomic mass is 10.0. The lowest BCUT2D eigenvalue weighted by molar-refractivity contribution is 0.197. The molecule has 5 nitrogen and oxygen atoms in total. The van der Waals surface area contributed by atoms with Crippen LogP contribution in [0.2, 0.25) is 0 Å². The molecule has 1 aromatic heterocycles. The van der Waals surface area contributed by atoms with E-state index in [1.165, 1.54) is 0 Å². The van der Waals surface area contributed by atoms with Gasteiger partial charge in [0.15, 0.2) is 0 Å². The van der Waals surface area contributed by atoms with Crippen LogP contribution in [0.25, 0.3) is 10.8 Å². The number of aromatic amines is 1. The highest BCUT2D eigenvalue weighted by molar-refractivity contribution is 5.85. The van der Waals surface area contributed by atoms with Crippen molar-refractivity contribution in [2.75, 3.05) is 14.1 Å². The van der Waals surface area contributed by atoms with Gasteiger partial charge in [-0.15, -0.1) is 0 Å². The van der Waals surface area contributed by atoms with Gasteiger partial charge in [0.25, 0.3) is 5.56 Å². The predicted molar refractivity (Wildman–Crippen MR) is 75.2 cm³/mol. The molecule has 1 atom stereocenters. The summed E-state index contributed by atoms with van der Waals surface area (Å²) < 4.78 is 0. The SMILES string of the molecule is CNC(=O)N(C)[C@@H](C)c1c[nH]c(=O)c2ccccc12. The van der Waals surface area contributed by atoms with Crippen LogP contribution in [-0.4, -0.2) is 30.0 Å².